The number of methoxy groups -OCH3 is 2. The summed E-state index contributed by atoms with van der Waals surface area (Å²) in [6, 6.07) is 10.8. The molecule has 0 aliphatic heterocycles. The molecule has 1 N–H and O–H groups in total. The highest BCUT2D eigenvalue weighted by Gasteiger charge is 2.21. The Morgan fingerprint density at radius 1 is 1.10 bits per heavy atom. The summed E-state index contributed by atoms with van der Waals surface area (Å²) in [7, 11) is 3.09. The molecule has 1 atom stereocenters. The fraction of sp³-hybridized carbons (Fsp3) is 0.208. The molecule has 6 nitrogen and oxygen atoms in total. The molecule has 7 heteroatoms. The Bertz CT molecular complexity index is 1200. The SMILES string of the molecule is COc1cc(OC)cc(C(=O)NC2C=CC(Cl)=C(c3cnc4cc(C)ccc4n3)C2)c1. The van der Waals surface area contributed by atoms with E-state index in [0.29, 0.717) is 34.2 Å². The van der Waals surface area contributed by atoms with Crippen molar-refractivity contribution in [3.63, 3.8) is 0 Å². The summed E-state index contributed by atoms with van der Waals surface area (Å²) >= 11 is 6.47. The molecule has 0 fully saturated rings. The van der Waals surface area contributed by atoms with Gasteiger partial charge in [0.25, 0.3) is 5.91 Å². The first-order valence-electron chi connectivity index (χ1n) is 9.81. The van der Waals surface area contributed by atoms with Gasteiger partial charge in [0.1, 0.15) is 11.5 Å². The summed E-state index contributed by atoms with van der Waals surface area (Å²) in [4.78, 5) is 22.1. The molecule has 1 aromatic heterocycles. The molecule has 0 saturated heterocycles. The number of fused-ring (bicyclic) bond motifs is 1. The van der Waals surface area contributed by atoms with Crippen LogP contribution in [0.4, 0.5) is 0 Å². The van der Waals surface area contributed by atoms with Gasteiger partial charge in [0.2, 0.25) is 0 Å². The molecule has 2 aromatic carbocycles. The van der Waals surface area contributed by atoms with Gasteiger partial charge in [-0.25, -0.2) is 4.98 Å². The second-order valence-electron chi connectivity index (χ2n) is 7.32. The Hall–Kier alpha value is -3.38. The molecule has 1 aliphatic carbocycles. The van der Waals surface area contributed by atoms with E-state index in [1.165, 1.54) is 0 Å². The third-order valence-electron chi connectivity index (χ3n) is 5.12. The van der Waals surface area contributed by atoms with Gasteiger partial charge < -0.3 is 14.8 Å². The number of carbonyl (C=O) groups excluding carboxylic acids is 1. The first kappa shape index (κ1) is 20.9. The minimum atomic E-state index is -0.238. The van der Waals surface area contributed by atoms with Crippen molar-refractivity contribution in [2.75, 3.05) is 14.2 Å². The zero-order chi connectivity index (χ0) is 22.0. The molecule has 0 spiro atoms. The number of benzene rings is 2. The lowest BCUT2D eigenvalue weighted by molar-refractivity contribution is 0.0944. The molecular formula is C24H22ClN3O3. The van der Waals surface area contributed by atoms with Crippen LogP contribution in [-0.2, 0) is 0 Å². The molecule has 0 radical (unpaired) electrons. The third kappa shape index (κ3) is 4.54. The normalized spacial score (nSPS) is 15.8. The zero-order valence-electron chi connectivity index (χ0n) is 17.5. The number of hydrogen-bond acceptors (Lipinski definition) is 5. The van der Waals surface area contributed by atoms with Gasteiger partial charge in [0.15, 0.2) is 0 Å². The zero-order valence-corrected chi connectivity index (χ0v) is 18.2. The van der Waals surface area contributed by atoms with Gasteiger partial charge in [0, 0.05) is 22.2 Å². The van der Waals surface area contributed by atoms with E-state index in [4.69, 9.17) is 26.1 Å². The number of rotatable bonds is 5. The molecule has 3 aromatic rings. The highest BCUT2D eigenvalue weighted by Crippen LogP contribution is 2.31. The first-order chi connectivity index (χ1) is 15.0. The van der Waals surface area contributed by atoms with Gasteiger partial charge >= 0.3 is 0 Å². The molecule has 1 amide bonds. The lowest BCUT2D eigenvalue weighted by Gasteiger charge is -2.21. The summed E-state index contributed by atoms with van der Waals surface area (Å²) in [6.45, 7) is 2.02. The molecule has 4 rings (SSSR count). The third-order valence-corrected chi connectivity index (χ3v) is 5.48. The second kappa shape index (κ2) is 8.78. The van der Waals surface area contributed by atoms with Gasteiger partial charge in [-0.1, -0.05) is 23.7 Å². The fourth-order valence-corrected chi connectivity index (χ4v) is 3.72. The van der Waals surface area contributed by atoms with Crippen LogP contribution in [0.5, 0.6) is 11.5 Å². The summed E-state index contributed by atoms with van der Waals surface area (Å²) in [5, 5.41) is 3.62. The Morgan fingerprint density at radius 3 is 2.55 bits per heavy atom. The van der Waals surface area contributed by atoms with Crippen LogP contribution in [0.3, 0.4) is 0 Å². The number of nitrogens with zero attached hydrogens (tertiary/aromatic N) is 2. The quantitative estimate of drug-likeness (QED) is 0.630. The van der Waals surface area contributed by atoms with Crippen LogP contribution < -0.4 is 14.8 Å². The number of amides is 1. The summed E-state index contributed by atoms with van der Waals surface area (Å²) in [5.41, 5.74) is 4.76. The summed E-state index contributed by atoms with van der Waals surface area (Å²) < 4.78 is 10.5. The minimum absolute atomic E-state index is 0.232. The Labute approximate surface area is 185 Å². The van der Waals surface area contributed by atoms with E-state index >= 15 is 0 Å². The molecule has 1 unspecified atom stereocenters. The van der Waals surface area contributed by atoms with Crippen molar-refractivity contribution >= 4 is 34.1 Å². The number of aromatic nitrogens is 2. The van der Waals surface area contributed by atoms with Gasteiger partial charge in [0.05, 0.1) is 43.2 Å². The smallest absolute Gasteiger partial charge is 0.252 e. The Balaban J connectivity index is 1.55. The van der Waals surface area contributed by atoms with Crippen LogP contribution in [0.15, 0.2) is 59.8 Å². The van der Waals surface area contributed by atoms with Crippen LogP contribution in [0.2, 0.25) is 0 Å². The van der Waals surface area contributed by atoms with E-state index in [0.717, 1.165) is 22.2 Å². The second-order valence-corrected chi connectivity index (χ2v) is 7.73. The van der Waals surface area contributed by atoms with Gasteiger partial charge in [-0.05, 0) is 49.2 Å². The predicted molar refractivity (Wildman–Crippen MR) is 122 cm³/mol. The number of halogens is 1. The lowest BCUT2D eigenvalue weighted by atomic mass is 9.97. The molecule has 1 heterocycles. The monoisotopic (exact) mass is 435 g/mol. The van der Waals surface area contributed by atoms with Crippen molar-refractivity contribution < 1.29 is 14.3 Å². The maximum absolute atomic E-state index is 12.8. The highest BCUT2D eigenvalue weighted by molar-refractivity contribution is 6.34. The number of aryl methyl sites for hydroxylation is 1. The first-order valence-corrected chi connectivity index (χ1v) is 10.2. The van der Waals surface area contributed by atoms with E-state index in [1.807, 2.05) is 31.2 Å². The van der Waals surface area contributed by atoms with Gasteiger partial charge in [-0.15, -0.1) is 0 Å². The fourth-order valence-electron chi connectivity index (χ4n) is 3.47. The van der Waals surface area contributed by atoms with Crippen molar-refractivity contribution in [1.82, 2.24) is 15.3 Å². The summed E-state index contributed by atoms with van der Waals surface area (Å²) in [6.07, 6.45) is 5.90. The van der Waals surface area contributed by atoms with E-state index < -0.39 is 0 Å². The molecular weight excluding hydrogens is 414 g/mol. The number of allylic oxidation sites excluding steroid dienone is 2. The Morgan fingerprint density at radius 2 is 1.84 bits per heavy atom. The minimum Gasteiger partial charge on any atom is -0.497 e. The van der Waals surface area contributed by atoms with Crippen LogP contribution in [0, 0.1) is 6.92 Å². The average molecular weight is 436 g/mol. The molecule has 1 aliphatic rings. The van der Waals surface area contributed by atoms with Crippen LogP contribution in [0.1, 0.15) is 28.0 Å². The van der Waals surface area contributed by atoms with Crippen molar-refractivity contribution in [2.24, 2.45) is 0 Å². The van der Waals surface area contributed by atoms with E-state index in [1.54, 1.807) is 44.7 Å². The Kier molecular flexibility index (Phi) is 5.91. The maximum atomic E-state index is 12.8. The molecule has 0 saturated carbocycles. The van der Waals surface area contributed by atoms with Crippen LogP contribution in [-0.4, -0.2) is 36.1 Å². The number of ether oxygens (including phenoxy) is 2. The molecule has 158 valence electrons. The van der Waals surface area contributed by atoms with Crippen molar-refractivity contribution in [1.29, 1.82) is 0 Å². The summed E-state index contributed by atoms with van der Waals surface area (Å²) in [5.74, 6) is 0.868. The van der Waals surface area contributed by atoms with Crippen molar-refractivity contribution in [3.05, 3.63) is 76.6 Å². The molecule has 31 heavy (non-hydrogen) atoms. The highest BCUT2D eigenvalue weighted by atomic mass is 35.5. The van der Waals surface area contributed by atoms with E-state index in [2.05, 4.69) is 10.3 Å². The number of carbonyl (C=O) groups is 1. The standard InChI is InChI=1S/C24H22ClN3O3/c1-14-4-7-21-22(8-14)26-13-23(28-21)19-11-16(5-6-20(19)25)27-24(29)15-9-17(30-2)12-18(10-15)31-3/h4-10,12-13,16H,11H2,1-3H3,(H,27,29). The number of hydrogen-bond donors (Lipinski definition) is 1. The number of nitrogens with one attached hydrogen (secondary N) is 1. The van der Waals surface area contributed by atoms with Crippen LogP contribution in [0.25, 0.3) is 16.6 Å². The van der Waals surface area contributed by atoms with Crippen molar-refractivity contribution in [3.8, 4) is 11.5 Å². The topological polar surface area (TPSA) is 73.3 Å². The van der Waals surface area contributed by atoms with E-state index in [-0.39, 0.29) is 11.9 Å². The van der Waals surface area contributed by atoms with Gasteiger partial charge in [-0.2, -0.15) is 0 Å². The van der Waals surface area contributed by atoms with Crippen molar-refractivity contribution in [2.45, 2.75) is 19.4 Å². The predicted octanol–water partition coefficient (Wildman–Crippen LogP) is 4.66. The molecule has 0 bridgehead atoms. The average Bonchev–Trinajstić information content (AvgIpc) is 2.79. The van der Waals surface area contributed by atoms with Crippen LogP contribution >= 0.6 is 11.6 Å². The largest absolute Gasteiger partial charge is 0.497 e. The lowest BCUT2D eigenvalue weighted by Crippen LogP contribution is -2.34. The van der Waals surface area contributed by atoms with Gasteiger partial charge in [-0.3, -0.25) is 9.78 Å². The van der Waals surface area contributed by atoms with E-state index in [9.17, 15) is 4.79 Å². The maximum Gasteiger partial charge on any atom is 0.252 e.